The summed E-state index contributed by atoms with van der Waals surface area (Å²) in [4.78, 5) is 30.7. The first-order chi connectivity index (χ1) is 52.5. The predicted molar refractivity (Wildman–Crippen MR) is 449 cm³/mol. The number of fused-ring (bicyclic) bond motifs is 20. The normalized spacial score (nSPS) is 11.8. The van der Waals surface area contributed by atoms with E-state index in [1.54, 1.807) is 22.7 Å². The van der Waals surface area contributed by atoms with Gasteiger partial charge in [0.15, 0.2) is 34.9 Å². The molecule has 492 valence electrons. The molecule has 8 heteroatoms. The van der Waals surface area contributed by atoms with Crippen molar-refractivity contribution in [2.24, 2.45) is 0 Å². The Bertz CT molecular complexity index is 7350. The molecule has 0 saturated carbocycles. The molecular weight excluding hydrogens is 1330 g/mol. The summed E-state index contributed by atoms with van der Waals surface area (Å²) in [5, 5.41) is 25.2. The summed E-state index contributed by atoms with van der Waals surface area (Å²) in [7, 11) is 0. The molecule has 4 aromatic heterocycles. The molecule has 0 aliphatic rings. The maximum Gasteiger partial charge on any atom is 0.165 e. The molecule has 22 aromatic rings. The third-order valence-corrected chi connectivity index (χ3v) is 23.4. The number of rotatable bonds is 8. The van der Waals surface area contributed by atoms with Crippen molar-refractivity contribution >= 4 is 149 Å². The minimum absolute atomic E-state index is 0.650. The minimum atomic E-state index is 0.650. The zero-order valence-electron chi connectivity index (χ0n) is 57.0. The highest BCUT2D eigenvalue weighted by Crippen LogP contribution is 2.45. The van der Waals surface area contributed by atoms with Gasteiger partial charge in [0.25, 0.3) is 0 Å². The summed E-state index contributed by atoms with van der Waals surface area (Å²) in [6, 6.07) is 126. The number of nitrogens with zero attached hydrogens (tertiary/aromatic N) is 6. The molecule has 0 N–H and O–H groups in total. The van der Waals surface area contributed by atoms with E-state index >= 15 is 0 Å². The van der Waals surface area contributed by atoms with Gasteiger partial charge in [-0.2, -0.15) is 0 Å². The van der Waals surface area contributed by atoms with Crippen LogP contribution in [0.2, 0.25) is 0 Å². The summed E-state index contributed by atoms with van der Waals surface area (Å²) in [5.41, 5.74) is 10.4. The molecule has 18 aromatic carbocycles. The van der Waals surface area contributed by atoms with E-state index in [2.05, 4.69) is 315 Å². The van der Waals surface area contributed by atoms with E-state index in [9.17, 15) is 0 Å². The fraction of sp³-hybridized carbons (Fsp3) is 0. The smallest absolute Gasteiger partial charge is 0.165 e. The highest BCUT2D eigenvalue weighted by atomic mass is 32.1. The van der Waals surface area contributed by atoms with Crippen LogP contribution in [0, 0.1) is 0 Å². The molecule has 0 aliphatic carbocycles. The first-order valence-corrected chi connectivity index (χ1v) is 37.3. The first-order valence-electron chi connectivity index (χ1n) is 35.7. The highest BCUT2D eigenvalue weighted by Gasteiger charge is 2.21. The van der Waals surface area contributed by atoms with E-state index in [0.29, 0.717) is 34.9 Å². The molecule has 0 radical (unpaired) electrons. The predicted octanol–water partition coefficient (Wildman–Crippen LogP) is 27.0. The van der Waals surface area contributed by atoms with Gasteiger partial charge >= 0.3 is 0 Å². The van der Waals surface area contributed by atoms with Crippen LogP contribution in [0.15, 0.2) is 352 Å². The molecule has 22 rings (SSSR count). The van der Waals surface area contributed by atoms with Crippen molar-refractivity contribution in [2.75, 3.05) is 0 Å². The fourth-order valence-electron chi connectivity index (χ4n) is 16.0. The van der Waals surface area contributed by atoms with Crippen LogP contribution in [0.4, 0.5) is 0 Å². The highest BCUT2D eigenvalue weighted by molar-refractivity contribution is 7.26. The monoisotopic (exact) mass is 1380 g/mol. The molecule has 0 atom stereocenters. The Morgan fingerprint density at radius 3 is 1.06 bits per heavy atom. The van der Waals surface area contributed by atoms with Gasteiger partial charge in [-0.3, -0.25) is 0 Å². The van der Waals surface area contributed by atoms with Crippen molar-refractivity contribution in [3.8, 4) is 90.6 Å². The zero-order valence-corrected chi connectivity index (χ0v) is 58.6. The van der Waals surface area contributed by atoms with Crippen molar-refractivity contribution in [3.63, 3.8) is 0 Å². The van der Waals surface area contributed by atoms with Gasteiger partial charge in [0.05, 0.1) is 0 Å². The number of thiophene rings is 2. The summed E-state index contributed by atoms with van der Waals surface area (Å²) >= 11 is 3.58. The van der Waals surface area contributed by atoms with Gasteiger partial charge < -0.3 is 0 Å². The lowest BCUT2D eigenvalue weighted by Crippen LogP contribution is -2.00. The number of hydrogen-bond acceptors (Lipinski definition) is 8. The summed E-state index contributed by atoms with van der Waals surface area (Å²) in [6.07, 6.45) is 0. The lowest BCUT2D eigenvalue weighted by atomic mass is 9.90. The van der Waals surface area contributed by atoms with E-state index in [0.717, 1.165) is 50.1 Å². The van der Waals surface area contributed by atoms with Crippen molar-refractivity contribution in [2.45, 2.75) is 0 Å². The Morgan fingerprint density at radius 2 is 0.500 bits per heavy atom. The molecular formula is C98H58N6S2. The molecule has 4 heterocycles. The van der Waals surface area contributed by atoms with Crippen molar-refractivity contribution in [3.05, 3.63) is 352 Å². The topological polar surface area (TPSA) is 77.3 Å². The van der Waals surface area contributed by atoms with E-state index in [-0.39, 0.29) is 0 Å². The largest absolute Gasteiger partial charge is 0.208 e. The second kappa shape index (κ2) is 25.2. The Morgan fingerprint density at radius 1 is 0.160 bits per heavy atom. The Labute approximate surface area is 617 Å². The van der Waals surface area contributed by atoms with Crippen molar-refractivity contribution < 1.29 is 0 Å². The quantitative estimate of drug-likeness (QED) is 0.141. The minimum Gasteiger partial charge on any atom is -0.208 e. The molecule has 0 unspecified atom stereocenters. The van der Waals surface area contributed by atoms with Crippen LogP contribution in [0.1, 0.15) is 0 Å². The zero-order chi connectivity index (χ0) is 69.8. The number of aromatic nitrogens is 6. The molecule has 0 bridgehead atoms. The molecule has 106 heavy (non-hydrogen) atoms. The summed E-state index contributed by atoms with van der Waals surface area (Å²) in [6.45, 7) is 0. The van der Waals surface area contributed by atoms with Crippen LogP contribution >= 0.6 is 22.7 Å². The maximum atomic E-state index is 5.20. The average Bonchev–Trinajstić information content (AvgIpc) is 1.13. The fourth-order valence-corrected chi connectivity index (χ4v) is 18.4. The average molecular weight is 1380 g/mol. The Balaban J connectivity index is 0.000000136. The van der Waals surface area contributed by atoms with Crippen molar-refractivity contribution in [1.82, 2.24) is 29.9 Å². The first kappa shape index (κ1) is 61.2. The van der Waals surface area contributed by atoms with Crippen LogP contribution in [0.3, 0.4) is 0 Å². The molecule has 0 amide bonds. The summed E-state index contributed by atoms with van der Waals surface area (Å²) in [5.74, 6) is 3.97. The second-order valence-corrected chi connectivity index (χ2v) is 29.2. The molecule has 0 saturated heterocycles. The van der Waals surface area contributed by atoms with Gasteiger partial charge in [-0.05, 0) is 151 Å². The molecule has 0 fully saturated rings. The lowest BCUT2D eigenvalue weighted by Gasteiger charge is -2.14. The van der Waals surface area contributed by atoms with Gasteiger partial charge in [-0.15, -0.1) is 22.7 Å². The molecule has 0 aliphatic heterocycles. The van der Waals surface area contributed by atoms with Crippen LogP contribution in [0.25, 0.3) is 217 Å². The van der Waals surface area contributed by atoms with Crippen LogP contribution < -0.4 is 0 Å². The van der Waals surface area contributed by atoms with E-state index < -0.39 is 0 Å². The van der Waals surface area contributed by atoms with Crippen LogP contribution in [-0.2, 0) is 0 Å². The van der Waals surface area contributed by atoms with Gasteiger partial charge in [-0.25, -0.2) is 29.9 Å². The van der Waals surface area contributed by atoms with Gasteiger partial charge in [0.2, 0.25) is 0 Å². The number of benzene rings is 18. The number of hydrogen-bond donors (Lipinski definition) is 0. The van der Waals surface area contributed by atoms with E-state index in [4.69, 9.17) is 29.9 Å². The third-order valence-electron chi connectivity index (χ3n) is 21.0. The SMILES string of the molecule is c1ccc(-c2nc(-c3cccc(-c4ccc5c(ccc6ccc7c8ccccc8ccc7c65)c4)c3)nc(-c3cccc4c3sc3ccccc34)n2)cc1.c1ccc(-c2nc(-c3cccc(-c4cccc5c4ccc4ccc6c7ccccc7ccc6c45)c3)nc(-c3cccc4c3sc3ccccc34)n2)cc1. The molecule has 0 spiro atoms. The Kier molecular flexibility index (Phi) is 14.5. The van der Waals surface area contributed by atoms with Gasteiger partial charge in [0.1, 0.15) is 0 Å². The van der Waals surface area contributed by atoms with Crippen LogP contribution in [-0.4, -0.2) is 29.9 Å². The van der Waals surface area contributed by atoms with Gasteiger partial charge in [-0.1, -0.05) is 309 Å². The standard InChI is InChI=1S/2C49H29N3S/c1-2-12-32(13-3-1)47-50-48(52-49(51-47)43-21-10-20-42-39-17-6-7-22-44(39)53-46(42)43)34-15-8-14-33(29-34)36-18-9-19-40-38(36)27-25-31-24-26-37-35-16-5-4-11-30(35)23-28-41(37)45(31)40;1-2-11-32(12-3-1)47-50-48(52-49(51-47)43-18-9-17-42-40-16-6-7-19-44(40)53-46(42)43)36-14-8-13-33(29-36)34-24-25-38-35(28-34)21-20-31-23-26-39-37-15-5-4-10-30(37)22-27-41(39)45(31)38/h2*1-29H. The van der Waals surface area contributed by atoms with E-state index in [1.165, 1.54) is 132 Å². The van der Waals surface area contributed by atoms with Gasteiger partial charge in [0, 0.05) is 73.7 Å². The van der Waals surface area contributed by atoms with E-state index in [1.807, 2.05) is 36.4 Å². The molecule has 6 nitrogen and oxygen atoms in total. The van der Waals surface area contributed by atoms with Crippen molar-refractivity contribution in [1.29, 1.82) is 0 Å². The Hall–Kier alpha value is -13.5. The third kappa shape index (κ3) is 10.4. The second-order valence-electron chi connectivity index (χ2n) is 27.1. The lowest BCUT2D eigenvalue weighted by molar-refractivity contribution is 1.08. The maximum absolute atomic E-state index is 5.20. The summed E-state index contributed by atoms with van der Waals surface area (Å²) < 4.78 is 4.88. The van der Waals surface area contributed by atoms with Crippen LogP contribution in [0.5, 0.6) is 0 Å².